The molecule has 4 heteroatoms. The molecule has 2 rings (SSSR count). The van der Waals surface area contributed by atoms with Gasteiger partial charge < -0.3 is 10.2 Å². The number of hydrogen-bond donors (Lipinski definition) is 1. The summed E-state index contributed by atoms with van der Waals surface area (Å²) in [4.78, 5) is 2.54. The highest BCUT2D eigenvalue weighted by Gasteiger charge is 2.35. The zero-order chi connectivity index (χ0) is 14.9. The molecule has 114 valence electrons. The molecule has 4 nitrogen and oxygen atoms in total. The van der Waals surface area contributed by atoms with Gasteiger partial charge in [-0.05, 0) is 46.1 Å². The molecule has 2 heterocycles. The van der Waals surface area contributed by atoms with Crippen LogP contribution in [0.3, 0.4) is 0 Å². The Bertz CT molecular complexity index is 459. The van der Waals surface area contributed by atoms with E-state index in [1.165, 1.54) is 24.2 Å². The number of nitrogens with zero attached hydrogens (tertiary/aromatic N) is 3. The summed E-state index contributed by atoms with van der Waals surface area (Å²) in [6.07, 6.45) is 2.53. The highest BCUT2D eigenvalue weighted by molar-refractivity contribution is 5.53. The van der Waals surface area contributed by atoms with E-state index in [9.17, 15) is 0 Å². The Morgan fingerprint density at radius 3 is 2.60 bits per heavy atom. The lowest BCUT2D eigenvalue weighted by Gasteiger charge is -2.34. The third kappa shape index (κ3) is 3.00. The van der Waals surface area contributed by atoms with E-state index in [2.05, 4.69) is 61.7 Å². The van der Waals surface area contributed by atoms with Crippen molar-refractivity contribution in [3.05, 3.63) is 11.3 Å². The van der Waals surface area contributed by atoms with E-state index in [4.69, 9.17) is 0 Å². The average molecular weight is 278 g/mol. The van der Waals surface area contributed by atoms with Gasteiger partial charge in [-0.15, -0.1) is 0 Å². The van der Waals surface area contributed by atoms with Crippen LogP contribution in [0.5, 0.6) is 0 Å². The highest BCUT2D eigenvalue weighted by Crippen LogP contribution is 2.36. The second kappa shape index (κ2) is 5.76. The lowest BCUT2D eigenvalue weighted by atomic mass is 10.0. The monoisotopic (exact) mass is 278 g/mol. The molecule has 1 aromatic rings. The van der Waals surface area contributed by atoms with E-state index >= 15 is 0 Å². The molecular formula is C16H30N4. The molecule has 0 saturated carbocycles. The van der Waals surface area contributed by atoms with Crippen LogP contribution in [0.15, 0.2) is 0 Å². The van der Waals surface area contributed by atoms with Gasteiger partial charge in [0.05, 0.1) is 5.69 Å². The van der Waals surface area contributed by atoms with Gasteiger partial charge in [0, 0.05) is 31.2 Å². The van der Waals surface area contributed by atoms with Crippen molar-refractivity contribution >= 4 is 5.82 Å². The molecule has 1 aromatic heterocycles. The predicted octanol–water partition coefficient (Wildman–Crippen LogP) is 2.85. The summed E-state index contributed by atoms with van der Waals surface area (Å²) in [5, 5.41) is 8.22. The minimum absolute atomic E-state index is 0.243. The van der Waals surface area contributed by atoms with Crippen LogP contribution in [-0.4, -0.2) is 28.4 Å². The molecule has 0 bridgehead atoms. The third-order valence-corrected chi connectivity index (χ3v) is 4.32. The van der Waals surface area contributed by atoms with Gasteiger partial charge in [0.2, 0.25) is 0 Å². The molecule has 1 aliphatic heterocycles. The Hall–Kier alpha value is -1.03. The first-order valence-electron chi connectivity index (χ1n) is 7.84. The molecule has 0 unspecified atom stereocenters. The Labute approximate surface area is 123 Å². The van der Waals surface area contributed by atoms with Gasteiger partial charge in [-0.25, -0.2) is 0 Å². The lowest BCUT2D eigenvalue weighted by molar-refractivity contribution is 0.502. The molecule has 1 aliphatic rings. The molecule has 0 radical (unpaired) electrons. The number of aryl methyl sites for hydroxylation is 2. The fourth-order valence-electron chi connectivity index (χ4n) is 3.22. The molecule has 0 aliphatic carbocycles. The smallest absolute Gasteiger partial charge is 0.131 e. The number of rotatable bonds is 5. The minimum Gasteiger partial charge on any atom is -0.351 e. The quantitative estimate of drug-likeness (QED) is 0.899. The standard InChI is InChI=1S/C16H30N4/c1-12(2)10-17-11-14-13(3)18-19(6)15(14)20-9-7-8-16(20,4)5/h12,17H,7-11H2,1-6H3. The fourth-order valence-corrected chi connectivity index (χ4v) is 3.22. The van der Waals surface area contributed by atoms with Crippen molar-refractivity contribution < 1.29 is 0 Å². The number of aromatic nitrogens is 2. The summed E-state index contributed by atoms with van der Waals surface area (Å²) < 4.78 is 2.06. The maximum absolute atomic E-state index is 4.65. The highest BCUT2D eigenvalue weighted by atomic mass is 15.4. The molecule has 1 fully saturated rings. The van der Waals surface area contributed by atoms with E-state index in [1.807, 2.05) is 0 Å². The summed E-state index contributed by atoms with van der Waals surface area (Å²) in [5.41, 5.74) is 2.76. The largest absolute Gasteiger partial charge is 0.351 e. The minimum atomic E-state index is 0.243. The van der Waals surface area contributed by atoms with Crippen LogP contribution in [0.25, 0.3) is 0 Å². The Balaban J connectivity index is 2.23. The van der Waals surface area contributed by atoms with Crippen LogP contribution in [0, 0.1) is 12.8 Å². The Kier molecular flexibility index (Phi) is 4.43. The summed E-state index contributed by atoms with van der Waals surface area (Å²) in [6, 6.07) is 0. The normalized spacial score (nSPS) is 18.2. The van der Waals surface area contributed by atoms with Crippen LogP contribution >= 0.6 is 0 Å². The number of hydrogen-bond acceptors (Lipinski definition) is 3. The molecule has 20 heavy (non-hydrogen) atoms. The van der Waals surface area contributed by atoms with Crippen LogP contribution < -0.4 is 10.2 Å². The van der Waals surface area contributed by atoms with Gasteiger partial charge in [-0.2, -0.15) is 5.10 Å². The van der Waals surface area contributed by atoms with Gasteiger partial charge >= 0.3 is 0 Å². The van der Waals surface area contributed by atoms with E-state index < -0.39 is 0 Å². The summed E-state index contributed by atoms with van der Waals surface area (Å²) in [6.45, 7) is 14.4. The molecule has 0 atom stereocenters. The number of anilines is 1. The van der Waals surface area contributed by atoms with E-state index in [-0.39, 0.29) is 5.54 Å². The van der Waals surface area contributed by atoms with Gasteiger partial charge in [-0.3, -0.25) is 4.68 Å². The SMILES string of the molecule is Cc1nn(C)c(N2CCCC2(C)C)c1CNCC(C)C. The summed E-state index contributed by atoms with van der Waals surface area (Å²) in [7, 11) is 2.07. The van der Waals surface area contributed by atoms with Crippen molar-refractivity contribution in [2.75, 3.05) is 18.0 Å². The first-order valence-corrected chi connectivity index (χ1v) is 7.84. The molecule has 0 spiro atoms. The zero-order valence-corrected chi connectivity index (χ0v) is 14.0. The molecule has 1 N–H and O–H groups in total. The maximum atomic E-state index is 4.65. The molecule has 0 aromatic carbocycles. The van der Waals surface area contributed by atoms with Crippen molar-refractivity contribution in [2.24, 2.45) is 13.0 Å². The fraction of sp³-hybridized carbons (Fsp3) is 0.812. The topological polar surface area (TPSA) is 33.1 Å². The van der Waals surface area contributed by atoms with Crippen molar-refractivity contribution in [2.45, 2.75) is 59.5 Å². The maximum Gasteiger partial charge on any atom is 0.131 e. The summed E-state index contributed by atoms with van der Waals surface area (Å²) in [5.74, 6) is 1.99. The van der Waals surface area contributed by atoms with Gasteiger partial charge in [-0.1, -0.05) is 13.8 Å². The van der Waals surface area contributed by atoms with Crippen molar-refractivity contribution in [1.29, 1.82) is 0 Å². The molecular weight excluding hydrogens is 248 g/mol. The third-order valence-electron chi connectivity index (χ3n) is 4.32. The second-order valence-electron chi connectivity index (χ2n) is 7.10. The number of nitrogens with one attached hydrogen (secondary N) is 1. The van der Waals surface area contributed by atoms with E-state index in [0.29, 0.717) is 5.92 Å². The van der Waals surface area contributed by atoms with Crippen LogP contribution in [0.4, 0.5) is 5.82 Å². The molecule has 0 amide bonds. The van der Waals surface area contributed by atoms with Crippen LogP contribution in [0.1, 0.15) is 51.8 Å². The van der Waals surface area contributed by atoms with E-state index in [0.717, 1.165) is 25.3 Å². The van der Waals surface area contributed by atoms with Gasteiger partial charge in [0.25, 0.3) is 0 Å². The van der Waals surface area contributed by atoms with Crippen LogP contribution in [0.2, 0.25) is 0 Å². The van der Waals surface area contributed by atoms with Crippen LogP contribution in [-0.2, 0) is 13.6 Å². The van der Waals surface area contributed by atoms with Crippen molar-refractivity contribution in [1.82, 2.24) is 15.1 Å². The first-order chi connectivity index (χ1) is 9.33. The average Bonchev–Trinajstić information content (AvgIpc) is 2.79. The Morgan fingerprint density at radius 1 is 1.35 bits per heavy atom. The second-order valence-corrected chi connectivity index (χ2v) is 7.10. The van der Waals surface area contributed by atoms with Gasteiger partial charge in [0.15, 0.2) is 0 Å². The Morgan fingerprint density at radius 2 is 2.05 bits per heavy atom. The summed E-state index contributed by atoms with van der Waals surface area (Å²) >= 11 is 0. The van der Waals surface area contributed by atoms with Crippen molar-refractivity contribution in [3.8, 4) is 0 Å². The molecule has 1 saturated heterocycles. The zero-order valence-electron chi connectivity index (χ0n) is 14.0. The first kappa shape index (κ1) is 15.4. The van der Waals surface area contributed by atoms with Gasteiger partial charge in [0.1, 0.15) is 5.82 Å². The van der Waals surface area contributed by atoms with Crippen molar-refractivity contribution in [3.63, 3.8) is 0 Å². The lowest BCUT2D eigenvalue weighted by Crippen LogP contribution is -2.40. The predicted molar refractivity (Wildman–Crippen MR) is 85.1 cm³/mol. The van der Waals surface area contributed by atoms with E-state index in [1.54, 1.807) is 0 Å².